The Hall–Kier alpha value is -4.47. The Bertz CT molecular complexity index is 1970. The molecule has 1 amide bonds. The first-order valence-corrected chi connectivity index (χ1v) is 18.0. The van der Waals surface area contributed by atoms with Crippen LogP contribution in [0.15, 0.2) is 71.1 Å². The van der Waals surface area contributed by atoms with Crippen molar-refractivity contribution in [3.05, 3.63) is 94.0 Å². The van der Waals surface area contributed by atoms with Crippen molar-refractivity contribution in [2.75, 3.05) is 31.7 Å². The van der Waals surface area contributed by atoms with Gasteiger partial charge in [0.05, 0.1) is 31.8 Å². The van der Waals surface area contributed by atoms with E-state index in [4.69, 9.17) is 30.5 Å². The summed E-state index contributed by atoms with van der Waals surface area (Å²) in [7, 11) is -1.71. The predicted molar refractivity (Wildman–Crippen MR) is 185 cm³/mol. The van der Waals surface area contributed by atoms with Gasteiger partial charge in [0, 0.05) is 24.2 Å². The summed E-state index contributed by atoms with van der Waals surface area (Å²) >= 11 is 7.50. The molecule has 3 aromatic carbocycles. The van der Waals surface area contributed by atoms with Gasteiger partial charge in [-0.1, -0.05) is 41.1 Å². The van der Waals surface area contributed by atoms with Crippen LogP contribution < -0.4 is 18.5 Å². The average molecular weight is 749 g/mol. The minimum atomic E-state index is -4.62. The van der Waals surface area contributed by atoms with E-state index in [1.165, 1.54) is 36.8 Å². The molecule has 16 heteroatoms. The molecule has 2 heterocycles. The second-order valence-corrected chi connectivity index (χ2v) is 15.1. The zero-order valence-corrected chi connectivity index (χ0v) is 30.2. The van der Waals surface area contributed by atoms with Crippen LogP contribution in [-0.2, 0) is 21.3 Å². The lowest BCUT2D eigenvalue weighted by Gasteiger charge is -2.37. The summed E-state index contributed by atoms with van der Waals surface area (Å²) < 4.78 is 81.0. The number of rotatable bonds is 11. The summed E-state index contributed by atoms with van der Waals surface area (Å²) in [5, 5.41) is 7.48. The number of nitrogens with zero attached hydrogens (tertiary/aromatic N) is 4. The second-order valence-electron chi connectivity index (χ2n) is 12.1. The molecule has 266 valence electrons. The Morgan fingerprint density at radius 3 is 2.44 bits per heavy atom. The van der Waals surface area contributed by atoms with E-state index in [0.717, 1.165) is 27.8 Å². The topological polar surface area (TPSA) is 120 Å². The summed E-state index contributed by atoms with van der Waals surface area (Å²) in [4.78, 5) is 14.0. The maximum Gasteiger partial charge on any atom is 0.410 e. The van der Waals surface area contributed by atoms with Crippen LogP contribution >= 0.6 is 22.9 Å². The normalized spacial score (nSPS) is 14.9. The number of benzene rings is 3. The highest BCUT2D eigenvalue weighted by Gasteiger charge is 2.35. The summed E-state index contributed by atoms with van der Waals surface area (Å²) in [5.74, 6) is -0.884. The van der Waals surface area contributed by atoms with Crippen molar-refractivity contribution in [1.29, 1.82) is 0 Å². The fourth-order valence-corrected chi connectivity index (χ4v) is 7.80. The quantitative estimate of drug-likeness (QED) is 0.155. The average Bonchev–Trinajstić information content (AvgIpc) is 3.61. The molecule has 0 saturated carbocycles. The molecule has 1 aliphatic rings. The van der Waals surface area contributed by atoms with Crippen molar-refractivity contribution in [2.24, 2.45) is 0 Å². The number of hydrogen-bond acceptors (Lipinski definition) is 10. The maximum atomic E-state index is 15.9. The van der Waals surface area contributed by atoms with E-state index in [1.807, 2.05) is 6.08 Å². The first-order valence-electron chi connectivity index (χ1n) is 15.3. The molecule has 50 heavy (non-hydrogen) atoms. The molecule has 0 saturated heterocycles. The third kappa shape index (κ3) is 8.28. The lowest BCUT2D eigenvalue weighted by atomic mass is 9.93. The molecular weight excluding hydrogens is 714 g/mol. The van der Waals surface area contributed by atoms with Crippen molar-refractivity contribution in [3.8, 4) is 17.2 Å². The van der Waals surface area contributed by atoms with Crippen LogP contribution in [0.4, 0.5) is 18.7 Å². The Morgan fingerprint density at radius 2 is 1.80 bits per heavy atom. The lowest BCUT2D eigenvalue weighted by Crippen LogP contribution is -2.48. The van der Waals surface area contributed by atoms with E-state index < -0.39 is 44.3 Å². The molecule has 1 aliphatic heterocycles. The van der Waals surface area contributed by atoms with Crippen molar-refractivity contribution in [2.45, 2.75) is 50.3 Å². The van der Waals surface area contributed by atoms with E-state index in [2.05, 4.69) is 10.2 Å². The van der Waals surface area contributed by atoms with Crippen LogP contribution in [0.5, 0.6) is 17.2 Å². The van der Waals surface area contributed by atoms with Gasteiger partial charge in [-0.15, -0.1) is 10.2 Å². The molecule has 5 rings (SSSR count). The van der Waals surface area contributed by atoms with Crippen LogP contribution in [-0.4, -0.2) is 68.6 Å². The molecule has 11 nitrogen and oxygen atoms in total. The van der Waals surface area contributed by atoms with Gasteiger partial charge in [0.2, 0.25) is 5.13 Å². The third-order valence-electron chi connectivity index (χ3n) is 7.60. The summed E-state index contributed by atoms with van der Waals surface area (Å²) in [6.07, 6.45) is 1.82. The van der Waals surface area contributed by atoms with Crippen LogP contribution in [0.3, 0.4) is 0 Å². The molecule has 4 aromatic rings. The fraction of sp³-hybridized carbons (Fsp3) is 0.324. The number of anilines is 1. The first-order chi connectivity index (χ1) is 23.7. The number of halogens is 3. The van der Waals surface area contributed by atoms with Gasteiger partial charge >= 0.3 is 6.09 Å². The monoisotopic (exact) mass is 748 g/mol. The maximum absolute atomic E-state index is 15.9. The molecule has 0 bridgehead atoms. The van der Waals surface area contributed by atoms with Crippen LogP contribution in [0.2, 0.25) is 5.02 Å². The summed E-state index contributed by atoms with van der Waals surface area (Å²) in [5.41, 5.74) is 2.33. The number of amides is 1. The number of ether oxygens (including phenoxy) is 4. The van der Waals surface area contributed by atoms with Crippen LogP contribution in [0.25, 0.3) is 5.57 Å². The van der Waals surface area contributed by atoms with Gasteiger partial charge in [-0.3, -0.25) is 4.90 Å². The molecule has 0 spiro atoms. The van der Waals surface area contributed by atoms with Gasteiger partial charge in [-0.2, -0.15) is 0 Å². The Labute approximate surface area is 298 Å². The van der Waals surface area contributed by atoms with Crippen LogP contribution in [0.1, 0.15) is 38.3 Å². The van der Waals surface area contributed by atoms with Gasteiger partial charge in [0.25, 0.3) is 10.0 Å². The summed E-state index contributed by atoms with van der Waals surface area (Å²) in [6.45, 7) is 5.05. The van der Waals surface area contributed by atoms with Gasteiger partial charge < -0.3 is 18.9 Å². The number of methoxy groups -OCH3 is 2. The van der Waals surface area contributed by atoms with Gasteiger partial charge in [0.1, 0.15) is 51.5 Å². The minimum absolute atomic E-state index is 0.0154. The van der Waals surface area contributed by atoms with E-state index in [-0.39, 0.29) is 29.1 Å². The van der Waals surface area contributed by atoms with E-state index in [9.17, 15) is 17.6 Å². The number of carbonyl (C=O) groups excluding carboxylic acids is 1. The van der Waals surface area contributed by atoms with E-state index in [1.54, 1.807) is 51.1 Å². The molecule has 1 unspecified atom stereocenters. The fourth-order valence-electron chi connectivity index (χ4n) is 5.26. The standard InChI is InChI=1S/C34H35ClF2N4O7S2/c1-34(2,3)48-33(42)40-14-6-7-25(21-8-11-23(36)12-9-21)28(40)19-47-30-17-27(37)31(16-26(30)35)50(43,44)41(32-39-38-20-49-32)18-22-10-13-24(45-4)15-29(22)46-5/h7-13,15-17,20,28H,6,14,18-19H2,1-5H3. The molecule has 0 radical (unpaired) electrons. The van der Waals surface area contributed by atoms with Crippen molar-refractivity contribution in [3.63, 3.8) is 0 Å². The number of hydrogen-bond donors (Lipinski definition) is 0. The Balaban J connectivity index is 1.45. The highest BCUT2D eigenvalue weighted by Crippen LogP contribution is 2.37. The van der Waals surface area contributed by atoms with Crippen LogP contribution in [0, 0.1) is 11.6 Å². The Morgan fingerprint density at radius 1 is 1.06 bits per heavy atom. The predicted octanol–water partition coefficient (Wildman–Crippen LogP) is 7.35. The molecule has 0 N–H and O–H groups in total. The molecule has 0 fully saturated rings. The zero-order valence-electron chi connectivity index (χ0n) is 27.9. The molecular formula is C34H35ClF2N4O7S2. The van der Waals surface area contributed by atoms with Crippen molar-refractivity contribution >= 4 is 49.8 Å². The third-order valence-corrected chi connectivity index (χ3v) is 10.5. The lowest BCUT2D eigenvalue weighted by molar-refractivity contribution is 0.0162. The zero-order chi connectivity index (χ0) is 36.2. The number of carbonyl (C=O) groups is 1. The molecule has 1 atom stereocenters. The molecule has 1 aromatic heterocycles. The molecule has 0 aliphatic carbocycles. The highest BCUT2D eigenvalue weighted by atomic mass is 35.5. The van der Waals surface area contributed by atoms with E-state index >= 15 is 4.39 Å². The SMILES string of the molecule is COc1ccc(CN(c2nncs2)S(=O)(=O)c2cc(Cl)c(OCC3C(c4ccc(F)cc4)=CCCN3C(=O)OC(C)(C)C)cc2F)c(OC)c1. The van der Waals surface area contributed by atoms with Crippen molar-refractivity contribution < 1.29 is 40.9 Å². The first kappa shape index (κ1) is 36.8. The minimum Gasteiger partial charge on any atom is -0.497 e. The van der Waals surface area contributed by atoms with Gasteiger partial charge in [0.15, 0.2) is 0 Å². The largest absolute Gasteiger partial charge is 0.497 e. The smallest absolute Gasteiger partial charge is 0.410 e. The Kier molecular flexibility index (Phi) is 11.2. The number of sulfonamides is 1. The second kappa shape index (κ2) is 15.2. The highest BCUT2D eigenvalue weighted by molar-refractivity contribution is 7.93. The van der Waals surface area contributed by atoms with Crippen molar-refractivity contribution in [1.82, 2.24) is 15.1 Å². The van der Waals surface area contributed by atoms with Gasteiger partial charge in [-0.25, -0.2) is 26.3 Å². The number of aromatic nitrogens is 2. The summed E-state index contributed by atoms with van der Waals surface area (Å²) in [6, 6.07) is 11.8. The van der Waals surface area contributed by atoms with Gasteiger partial charge in [-0.05, 0) is 68.7 Å². The van der Waals surface area contributed by atoms with E-state index in [0.29, 0.717) is 41.2 Å².